The first-order chi connectivity index (χ1) is 19.5. The molecule has 2 aromatic rings. The molecule has 0 spiro atoms. The highest BCUT2D eigenvalue weighted by Crippen LogP contribution is 2.46. The summed E-state index contributed by atoms with van der Waals surface area (Å²) in [4.78, 5) is 5.10. The predicted octanol–water partition coefficient (Wildman–Crippen LogP) is 9.78. The summed E-state index contributed by atoms with van der Waals surface area (Å²) in [6.45, 7) is 7.44. The van der Waals surface area contributed by atoms with E-state index < -0.39 is 0 Å². The van der Waals surface area contributed by atoms with Gasteiger partial charge in [0.1, 0.15) is 0 Å². The zero-order chi connectivity index (χ0) is 27.6. The molecule has 6 rings (SSSR count). The lowest BCUT2D eigenvalue weighted by molar-refractivity contribution is 0.198. The van der Waals surface area contributed by atoms with Crippen LogP contribution in [0.25, 0.3) is 11.1 Å². The SMILES string of the molecule is CCC1C=CNc2cc(C3CC[C@@H](C)C[C@H](CO)C3)cc(-c3ccc4c(c3)N=CC(C(C)C3CCCCC3)C4)c21. The van der Waals surface area contributed by atoms with E-state index >= 15 is 0 Å². The van der Waals surface area contributed by atoms with Gasteiger partial charge in [-0.05, 0) is 108 Å². The van der Waals surface area contributed by atoms with Crippen LogP contribution >= 0.6 is 0 Å². The first-order valence-corrected chi connectivity index (χ1v) is 16.4. The molecule has 2 saturated carbocycles. The number of fused-ring (bicyclic) bond motifs is 2. The molecule has 4 unspecified atom stereocenters. The van der Waals surface area contributed by atoms with E-state index in [1.54, 1.807) is 0 Å². The van der Waals surface area contributed by atoms with Gasteiger partial charge in [-0.3, -0.25) is 4.99 Å². The Hall–Kier alpha value is -2.39. The predicted molar refractivity (Wildman–Crippen MR) is 170 cm³/mol. The summed E-state index contributed by atoms with van der Waals surface area (Å²) < 4.78 is 0. The van der Waals surface area contributed by atoms with Gasteiger partial charge < -0.3 is 10.4 Å². The van der Waals surface area contributed by atoms with Crippen molar-refractivity contribution >= 4 is 17.6 Å². The summed E-state index contributed by atoms with van der Waals surface area (Å²) in [6.07, 6.45) is 20.7. The third-order valence-electron chi connectivity index (χ3n) is 11.0. The fourth-order valence-electron chi connectivity index (χ4n) is 8.44. The Bertz CT molecular complexity index is 1240. The van der Waals surface area contributed by atoms with E-state index in [0.29, 0.717) is 42.1 Å². The van der Waals surface area contributed by atoms with Crippen LogP contribution in [0.2, 0.25) is 0 Å². The van der Waals surface area contributed by atoms with E-state index in [9.17, 15) is 5.11 Å². The van der Waals surface area contributed by atoms with Crippen molar-refractivity contribution in [3.8, 4) is 11.1 Å². The third kappa shape index (κ3) is 5.69. The van der Waals surface area contributed by atoms with Crippen LogP contribution in [0.1, 0.15) is 114 Å². The second-order valence-corrected chi connectivity index (χ2v) is 13.7. The molecule has 0 radical (unpaired) electrons. The van der Waals surface area contributed by atoms with Gasteiger partial charge in [0.25, 0.3) is 0 Å². The Morgan fingerprint density at radius 3 is 2.67 bits per heavy atom. The van der Waals surface area contributed by atoms with Gasteiger partial charge in [0.05, 0.1) is 5.69 Å². The van der Waals surface area contributed by atoms with Crippen molar-refractivity contribution in [2.75, 3.05) is 11.9 Å². The van der Waals surface area contributed by atoms with Crippen LogP contribution in [0.4, 0.5) is 11.4 Å². The second-order valence-electron chi connectivity index (χ2n) is 13.7. The Kier molecular flexibility index (Phi) is 8.49. The smallest absolute Gasteiger partial charge is 0.0664 e. The Morgan fingerprint density at radius 2 is 1.88 bits per heavy atom. The number of anilines is 1. The van der Waals surface area contributed by atoms with Crippen molar-refractivity contribution in [3.63, 3.8) is 0 Å². The molecule has 6 atom stereocenters. The molecule has 2 N–H and O–H groups in total. The maximum atomic E-state index is 10.1. The van der Waals surface area contributed by atoms with Crippen LogP contribution in [0, 0.1) is 29.6 Å². The lowest BCUT2D eigenvalue weighted by atomic mass is 9.73. The molecule has 2 heterocycles. The molecule has 2 fully saturated rings. The highest BCUT2D eigenvalue weighted by atomic mass is 16.3. The number of nitrogens with one attached hydrogen (secondary N) is 1. The molecule has 40 heavy (non-hydrogen) atoms. The number of nitrogens with zero attached hydrogens (tertiary/aromatic N) is 1. The average Bonchev–Trinajstić information content (AvgIpc) is 3.20. The Labute approximate surface area is 242 Å². The molecule has 2 aromatic carbocycles. The lowest BCUT2D eigenvalue weighted by Gasteiger charge is -2.33. The van der Waals surface area contributed by atoms with Gasteiger partial charge in [0, 0.05) is 30.3 Å². The molecule has 3 nitrogen and oxygen atoms in total. The molecule has 2 aliphatic carbocycles. The van der Waals surface area contributed by atoms with Crippen LogP contribution in [0.3, 0.4) is 0 Å². The summed E-state index contributed by atoms with van der Waals surface area (Å²) in [5.41, 5.74) is 9.37. The van der Waals surface area contributed by atoms with Crippen molar-refractivity contribution in [1.82, 2.24) is 0 Å². The number of hydrogen-bond donors (Lipinski definition) is 2. The lowest BCUT2D eigenvalue weighted by Crippen LogP contribution is -2.26. The van der Waals surface area contributed by atoms with Gasteiger partial charge in [-0.1, -0.05) is 83.6 Å². The van der Waals surface area contributed by atoms with Gasteiger partial charge in [-0.15, -0.1) is 0 Å². The third-order valence-corrected chi connectivity index (χ3v) is 11.0. The van der Waals surface area contributed by atoms with E-state index in [4.69, 9.17) is 4.99 Å². The molecular formula is C37H50N2O. The number of benzene rings is 2. The second kappa shape index (κ2) is 12.2. The molecule has 214 valence electrons. The van der Waals surface area contributed by atoms with Crippen LogP contribution in [0.15, 0.2) is 47.6 Å². The fraction of sp³-hybridized carbons (Fsp3) is 0.595. The van der Waals surface area contributed by atoms with Crippen molar-refractivity contribution < 1.29 is 5.11 Å². The number of aliphatic hydroxyl groups is 1. The van der Waals surface area contributed by atoms with Gasteiger partial charge in [-0.25, -0.2) is 0 Å². The van der Waals surface area contributed by atoms with Gasteiger partial charge >= 0.3 is 0 Å². The molecule has 0 amide bonds. The normalized spacial score (nSPS) is 29.2. The summed E-state index contributed by atoms with van der Waals surface area (Å²) in [5, 5.41) is 13.7. The Morgan fingerprint density at radius 1 is 1.02 bits per heavy atom. The van der Waals surface area contributed by atoms with Crippen molar-refractivity contribution in [2.45, 2.75) is 103 Å². The maximum absolute atomic E-state index is 10.1. The topological polar surface area (TPSA) is 44.6 Å². The number of aliphatic hydroxyl groups excluding tert-OH is 1. The van der Waals surface area contributed by atoms with Crippen molar-refractivity contribution in [1.29, 1.82) is 0 Å². The molecule has 3 heteroatoms. The largest absolute Gasteiger partial charge is 0.396 e. The number of hydrogen-bond acceptors (Lipinski definition) is 3. The molecular weight excluding hydrogens is 488 g/mol. The Balaban J connectivity index is 1.33. The van der Waals surface area contributed by atoms with Crippen LogP contribution in [-0.4, -0.2) is 17.9 Å². The quantitative estimate of drug-likeness (QED) is 0.360. The highest BCUT2D eigenvalue weighted by Gasteiger charge is 2.30. The minimum absolute atomic E-state index is 0.306. The minimum atomic E-state index is 0.306. The average molecular weight is 539 g/mol. The van der Waals surface area contributed by atoms with E-state index in [2.05, 4.69) is 74.9 Å². The summed E-state index contributed by atoms with van der Waals surface area (Å²) in [5.74, 6) is 4.15. The van der Waals surface area contributed by atoms with Gasteiger partial charge in [0.2, 0.25) is 0 Å². The zero-order valence-electron chi connectivity index (χ0n) is 25.0. The number of allylic oxidation sites excluding steroid dienone is 1. The summed E-state index contributed by atoms with van der Waals surface area (Å²) in [7, 11) is 0. The van der Waals surface area contributed by atoms with E-state index in [0.717, 1.165) is 31.6 Å². The highest BCUT2D eigenvalue weighted by molar-refractivity contribution is 5.82. The van der Waals surface area contributed by atoms with Gasteiger partial charge in [-0.2, -0.15) is 0 Å². The molecule has 2 aliphatic heterocycles. The van der Waals surface area contributed by atoms with Crippen LogP contribution in [-0.2, 0) is 6.42 Å². The number of rotatable bonds is 6. The molecule has 4 aliphatic rings. The zero-order valence-corrected chi connectivity index (χ0v) is 25.0. The standard InChI is InChI=1S/C37H50N2O/c1-4-27-14-15-38-36-21-32(29-11-10-24(2)16-26(17-29)23-40)19-34(37(27)36)30-12-13-31-18-33(22-39-35(31)20-30)25(3)28-8-6-5-7-9-28/h12-15,19-22,24-29,33,38,40H,4-11,16-18,23H2,1-3H3/t24-,25?,26+,27?,29?,33?/m1/s1. The van der Waals surface area contributed by atoms with E-state index in [-0.39, 0.29) is 0 Å². The molecule has 0 bridgehead atoms. The molecule has 0 aromatic heterocycles. The van der Waals surface area contributed by atoms with Gasteiger partial charge in [0.15, 0.2) is 0 Å². The van der Waals surface area contributed by atoms with Crippen molar-refractivity contribution in [3.05, 3.63) is 59.3 Å². The summed E-state index contributed by atoms with van der Waals surface area (Å²) in [6, 6.07) is 12.0. The fourth-order valence-corrected chi connectivity index (χ4v) is 8.44. The first-order valence-electron chi connectivity index (χ1n) is 16.4. The van der Waals surface area contributed by atoms with Crippen molar-refractivity contribution in [2.24, 2.45) is 34.6 Å². The molecule has 0 saturated heterocycles. The number of aliphatic imine (C=N–C) groups is 1. The summed E-state index contributed by atoms with van der Waals surface area (Å²) >= 11 is 0. The first kappa shape index (κ1) is 27.8. The van der Waals surface area contributed by atoms with Crippen LogP contribution < -0.4 is 5.32 Å². The monoisotopic (exact) mass is 538 g/mol. The van der Waals surface area contributed by atoms with Crippen LogP contribution in [0.5, 0.6) is 0 Å². The maximum Gasteiger partial charge on any atom is 0.0664 e. The minimum Gasteiger partial charge on any atom is -0.396 e. The van der Waals surface area contributed by atoms with E-state index in [1.807, 2.05) is 0 Å². The van der Waals surface area contributed by atoms with E-state index in [1.165, 1.54) is 84.1 Å².